The van der Waals surface area contributed by atoms with Gasteiger partial charge in [-0.3, -0.25) is 0 Å². The molecule has 0 aliphatic rings. The van der Waals surface area contributed by atoms with Crippen LogP contribution in [0.15, 0.2) is 114 Å². The van der Waals surface area contributed by atoms with E-state index >= 15 is 0 Å². The van der Waals surface area contributed by atoms with Gasteiger partial charge in [0.25, 0.3) is 0 Å². The fourth-order valence-electron chi connectivity index (χ4n) is 3.56. The van der Waals surface area contributed by atoms with Crippen molar-refractivity contribution >= 4 is 43.5 Å². The smallest absolute Gasteiger partial charge is 0.135 e. The highest BCUT2D eigenvalue weighted by Crippen LogP contribution is 2.27. The molecule has 0 atom stereocenters. The third-order valence-electron chi connectivity index (χ3n) is 4.90. The van der Waals surface area contributed by atoms with E-state index in [1.807, 2.05) is 36.4 Å². The van der Waals surface area contributed by atoms with Crippen LogP contribution in [0.1, 0.15) is 0 Å². The maximum Gasteiger partial charge on any atom is 0.135 e. The lowest BCUT2D eigenvalue weighted by Crippen LogP contribution is -1.74. The Morgan fingerprint density at radius 3 is 1.11 bits per heavy atom. The molecule has 0 saturated carbocycles. The molecule has 0 saturated heterocycles. The van der Waals surface area contributed by atoms with E-state index in [4.69, 9.17) is 4.42 Å². The second kappa shape index (κ2) is 6.62. The monoisotopic (exact) mass is 346 g/mol. The second-order valence-electron chi connectivity index (χ2n) is 6.64. The van der Waals surface area contributed by atoms with Crippen molar-refractivity contribution in [3.63, 3.8) is 0 Å². The summed E-state index contributed by atoms with van der Waals surface area (Å²) in [6, 6.07) is 37.6. The third-order valence-corrected chi connectivity index (χ3v) is 4.90. The maximum atomic E-state index is 5.65. The van der Waals surface area contributed by atoms with Gasteiger partial charge >= 0.3 is 0 Å². The van der Waals surface area contributed by atoms with Gasteiger partial charge in [0, 0.05) is 10.8 Å². The van der Waals surface area contributed by atoms with Gasteiger partial charge in [-0.15, -0.1) is 0 Å². The van der Waals surface area contributed by atoms with Crippen LogP contribution in [-0.2, 0) is 0 Å². The Balaban J connectivity index is 0.000000119. The second-order valence-corrected chi connectivity index (χ2v) is 6.64. The Hall–Kier alpha value is -3.58. The molecule has 27 heavy (non-hydrogen) atoms. The molecule has 1 nitrogen and oxygen atoms in total. The Morgan fingerprint density at radius 2 is 0.704 bits per heavy atom. The quantitative estimate of drug-likeness (QED) is 0.258. The summed E-state index contributed by atoms with van der Waals surface area (Å²) in [4.78, 5) is 0. The van der Waals surface area contributed by atoms with Gasteiger partial charge in [0.1, 0.15) is 11.2 Å². The van der Waals surface area contributed by atoms with Gasteiger partial charge < -0.3 is 4.42 Å². The molecule has 0 amide bonds. The van der Waals surface area contributed by atoms with Crippen LogP contribution in [0.25, 0.3) is 43.5 Å². The van der Waals surface area contributed by atoms with Gasteiger partial charge in [-0.1, -0.05) is 84.9 Å². The van der Waals surface area contributed by atoms with E-state index in [0.717, 1.165) is 11.2 Å². The molecule has 0 spiro atoms. The minimum Gasteiger partial charge on any atom is -0.456 e. The third kappa shape index (κ3) is 2.94. The first-order valence-corrected chi connectivity index (χ1v) is 9.12. The van der Waals surface area contributed by atoms with E-state index in [0.29, 0.717) is 0 Å². The zero-order chi connectivity index (χ0) is 18.1. The summed E-state index contributed by atoms with van der Waals surface area (Å²) in [6.07, 6.45) is 0. The molecule has 0 aliphatic heterocycles. The number of benzene rings is 5. The van der Waals surface area contributed by atoms with Crippen LogP contribution in [0.2, 0.25) is 0 Å². The van der Waals surface area contributed by atoms with Crippen molar-refractivity contribution in [3.05, 3.63) is 109 Å². The normalized spacial score (nSPS) is 11.0. The Kier molecular flexibility index (Phi) is 3.84. The molecule has 0 unspecified atom stereocenters. The van der Waals surface area contributed by atoms with Crippen LogP contribution in [0.5, 0.6) is 0 Å². The van der Waals surface area contributed by atoms with Gasteiger partial charge in [-0.2, -0.15) is 0 Å². The molecule has 5 aromatic carbocycles. The maximum absolute atomic E-state index is 5.65. The number of para-hydroxylation sites is 2. The number of rotatable bonds is 0. The summed E-state index contributed by atoms with van der Waals surface area (Å²) in [7, 11) is 0. The van der Waals surface area contributed by atoms with Gasteiger partial charge in [0.05, 0.1) is 0 Å². The van der Waals surface area contributed by atoms with Crippen molar-refractivity contribution < 1.29 is 4.42 Å². The van der Waals surface area contributed by atoms with Crippen molar-refractivity contribution in [1.82, 2.24) is 0 Å². The summed E-state index contributed by atoms with van der Waals surface area (Å²) < 4.78 is 5.65. The first-order chi connectivity index (χ1) is 13.4. The predicted octanol–water partition coefficient (Wildman–Crippen LogP) is 7.58. The fraction of sp³-hybridized carbons (Fsp3) is 0. The minimum atomic E-state index is 0.962. The lowest BCUT2D eigenvalue weighted by Gasteiger charge is -2.00. The standard InChI is InChI=1S/C14H10.C12H8O/c1-2-6-12-10-14-8-4-3-7-13(14)9-11(12)5-1;1-3-7-11-9(5-1)10-6-2-4-8-12(10)13-11/h1-10H;1-8H. The van der Waals surface area contributed by atoms with Crippen LogP contribution < -0.4 is 0 Å². The number of fused-ring (bicyclic) bond motifs is 5. The van der Waals surface area contributed by atoms with E-state index < -0.39 is 0 Å². The van der Waals surface area contributed by atoms with Crippen LogP contribution in [0.4, 0.5) is 0 Å². The van der Waals surface area contributed by atoms with Gasteiger partial charge in [0.15, 0.2) is 0 Å². The van der Waals surface area contributed by atoms with Gasteiger partial charge in [-0.05, 0) is 45.8 Å². The largest absolute Gasteiger partial charge is 0.456 e. The molecule has 1 heteroatoms. The van der Waals surface area contributed by atoms with Crippen molar-refractivity contribution in [1.29, 1.82) is 0 Å². The van der Waals surface area contributed by atoms with E-state index in [2.05, 4.69) is 72.8 Å². The van der Waals surface area contributed by atoms with E-state index in [1.165, 1.54) is 32.3 Å². The summed E-state index contributed by atoms with van der Waals surface area (Å²) in [5, 5.41) is 7.63. The van der Waals surface area contributed by atoms with Crippen LogP contribution in [-0.4, -0.2) is 0 Å². The Bertz CT molecular complexity index is 1220. The first-order valence-electron chi connectivity index (χ1n) is 9.12. The molecule has 0 bridgehead atoms. The SMILES string of the molecule is c1ccc2c(c1)oc1ccccc12.c1ccc2cc3ccccc3cc2c1. The molecule has 0 fully saturated rings. The summed E-state index contributed by atoms with van der Waals surface area (Å²) in [5.41, 5.74) is 1.92. The molecule has 6 rings (SSSR count). The summed E-state index contributed by atoms with van der Waals surface area (Å²) in [6.45, 7) is 0. The summed E-state index contributed by atoms with van der Waals surface area (Å²) >= 11 is 0. The average Bonchev–Trinajstić information content (AvgIpc) is 3.11. The minimum absolute atomic E-state index is 0.962. The Morgan fingerprint density at radius 1 is 0.370 bits per heavy atom. The number of hydrogen-bond acceptors (Lipinski definition) is 1. The van der Waals surface area contributed by atoms with Crippen LogP contribution in [0.3, 0.4) is 0 Å². The zero-order valence-corrected chi connectivity index (χ0v) is 14.8. The highest BCUT2D eigenvalue weighted by atomic mass is 16.3. The molecule has 128 valence electrons. The van der Waals surface area contributed by atoms with Crippen LogP contribution >= 0.6 is 0 Å². The van der Waals surface area contributed by atoms with Gasteiger partial charge in [-0.25, -0.2) is 0 Å². The Labute approximate surface area is 157 Å². The molecular formula is C26H18O. The van der Waals surface area contributed by atoms with Gasteiger partial charge in [0.2, 0.25) is 0 Å². The molecule has 6 aromatic rings. The first kappa shape index (κ1) is 15.7. The van der Waals surface area contributed by atoms with Crippen molar-refractivity contribution in [2.45, 2.75) is 0 Å². The zero-order valence-electron chi connectivity index (χ0n) is 14.8. The highest BCUT2D eigenvalue weighted by Gasteiger charge is 2.03. The lowest BCUT2D eigenvalue weighted by atomic mass is 10.0. The van der Waals surface area contributed by atoms with Crippen LogP contribution in [0, 0.1) is 0 Å². The lowest BCUT2D eigenvalue weighted by molar-refractivity contribution is 0.669. The van der Waals surface area contributed by atoms with Crippen molar-refractivity contribution in [3.8, 4) is 0 Å². The number of furan rings is 1. The molecule has 1 aromatic heterocycles. The average molecular weight is 346 g/mol. The molecule has 0 N–H and O–H groups in total. The van der Waals surface area contributed by atoms with Crippen molar-refractivity contribution in [2.75, 3.05) is 0 Å². The van der Waals surface area contributed by atoms with Crippen molar-refractivity contribution in [2.24, 2.45) is 0 Å². The molecule has 0 aliphatic carbocycles. The molecule has 0 radical (unpaired) electrons. The molecule has 1 heterocycles. The highest BCUT2D eigenvalue weighted by molar-refractivity contribution is 6.04. The fourth-order valence-corrected chi connectivity index (χ4v) is 3.56. The van der Waals surface area contributed by atoms with E-state index in [1.54, 1.807) is 0 Å². The predicted molar refractivity (Wildman–Crippen MR) is 115 cm³/mol. The molecular weight excluding hydrogens is 328 g/mol. The number of hydrogen-bond donors (Lipinski definition) is 0. The van der Waals surface area contributed by atoms with E-state index in [-0.39, 0.29) is 0 Å². The summed E-state index contributed by atoms with van der Waals surface area (Å²) in [5.74, 6) is 0. The van der Waals surface area contributed by atoms with E-state index in [9.17, 15) is 0 Å². The topological polar surface area (TPSA) is 13.1 Å².